The van der Waals surface area contributed by atoms with Gasteiger partial charge in [-0.1, -0.05) is 26.0 Å². The molecule has 5 heteroatoms. The molecule has 0 aliphatic carbocycles. The second kappa shape index (κ2) is 7.84. The molecule has 1 aromatic carbocycles. The maximum absolute atomic E-state index is 13.6. The van der Waals surface area contributed by atoms with E-state index >= 15 is 0 Å². The van der Waals surface area contributed by atoms with Crippen molar-refractivity contribution < 1.29 is 4.74 Å². The molecule has 1 aromatic heterocycles. The van der Waals surface area contributed by atoms with Gasteiger partial charge in [0.05, 0.1) is 24.0 Å². The number of nitrogens with zero attached hydrogens (tertiary/aromatic N) is 3. The first-order valence-corrected chi connectivity index (χ1v) is 11.3. The summed E-state index contributed by atoms with van der Waals surface area (Å²) >= 11 is 0. The quantitative estimate of drug-likeness (QED) is 0.756. The van der Waals surface area contributed by atoms with Crippen LogP contribution in [0.3, 0.4) is 0 Å². The highest BCUT2D eigenvalue weighted by Gasteiger charge is 2.47. The zero-order valence-corrected chi connectivity index (χ0v) is 19.3. The van der Waals surface area contributed by atoms with Crippen LogP contribution in [0.15, 0.2) is 23.0 Å². The van der Waals surface area contributed by atoms with Gasteiger partial charge in [-0.15, -0.1) is 0 Å². The van der Waals surface area contributed by atoms with Crippen molar-refractivity contribution in [2.75, 3.05) is 24.6 Å². The topological polar surface area (TPSA) is 47.4 Å². The fraction of sp³-hybridized carbons (Fsp3) is 0.600. The Morgan fingerprint density at radius 1 is 1.17 bits per heavy atom. The number of rotatable bonds is 3. The van der Waals surface area contributed by atoms with Crippen molar-refractivity contribution in [3.63, 3.8) is 0 Å². The van der Waals surface area contributed by atoms with E-state index in [4.69, 9.17) is 9.72 Å². The average Bonchev–Trinajstić information content (AvgIpc) is 3.00. The van der Waals surface area contributed by atoms with Crippen molar-refractivity contribution in [2.45, 2.75) is 66.9 Å². The zero-order valence-electron chi connectivity index (χ0n) is 19.3. The predicted molar refractivity (Wildman–Crippen MR) is 122 cm³/mol. The number of anilines is 1. The van der Waals surface area contributed by atoms with E-state index in [9.17, 15) is 4.79 Å². The second-order valence-electron chi connectivity index (χ2n) is 9.33. The Morgan fingerprint density at radius 2 is 1.87 bits per heavy atom. The number of aromatic nitrogens is 2. The fourth-order valence-corrected chi connectivity index (χ4v) is 5.32. The molecule has 30 heavy (non-hydrogen) atoms. The third kappa shape index (κ3) is 3.27. The number of piperidine rings is 1. The summed E-state index contributed by atoms with van der Waals surface area (Å²) in [6.07, 6.45) is 3.22. The van der Waals surface area contributed by atoms with Crippen LogP contribution >= 0.6 is 0 Å². The Morgan fingerprint density at radius 3 is 2.47 bits per heavy atom. The molecule has 2 aliphatic rings. The highest BCUT2D eigenvalue weighted by Crippen LogP contribution is 2.46. The summed E-state index contributed by atoms with van der Waals surface area (Å²) in [7, 11) is 0. The van der Waals surface area contributed by atoms with Crippen LogP contribution in [-0.4, -0.2) is 35.4 Å². The van der Waals surface area contributed by atoms with Crippen molar-refractivity contribution in [3.05, 3.63) is 51.1 Å². The van der Waals surface area contributed by atoms with Crippen molar-refractivity contribution in [1.29, 1.82) is 0 Å². The van der Waals surface area contributed by atoms with Crippen LogP contribution in [0.5, 0.6) is 0 Å². The van der Waals surface area contributed by atoms with Gasteiger partial charge in [0.2, 0.25) is 0 Å². The van der Waals surface area contributed by atoms with E-state index in [0.717, 1.165) is 61.0 Å². The normalized spacial score (nSPS) is 23.3. The molecule has 3 heterocycles. The Balaban J connectivity index is 1.69. The molecule has 2 fully saturated rings. The van der Waals surface area contributed by atoms with E-state index < -0.39 is 0 Å². The number of hydrogen-bond donors (Lipinski definition) is 0. The van der Waals surface area contributed by atoms with E-state index in [2.05, 4.69) is 45.6 Å². The van der Waals surface area contributed by atoms with Crippen molar-refractivity contribution in [2.24, 2.45) is 11.3 Å². The van der Waals surface area contributed by atoms with Crippen LogP contribution < -0.4 is 10.5 Å². The molecule has 2 saturated heterocycles. The Bertz CT molecular complexity index is 1000. The lowest BCUT2D eigenvalue weighted by atomic mass is 9.70. The number of aryl methyl sites for hydroxylation is 2. The lowest BCUT2D eigenvalue weighted by Crippen LogP contribution is -2.45. The highest BCUT2D eigenvalue weighted by atomic mass is 16.5. The van der Waals surface area contributed by atoms with Gasteiger partial charge in [-0.3, -0.25) is 9.36 Å². The number of ether oxygens (including phenoxy) is 1. The first kappa shape index (κ1) is 21.1. The molecule has 2 aromatic rings. The molecular formula is C25H35N3O2. The van der Waals surface area contributed by atoms with E-state index in [1.165, 1.54) is 5.56 Å². The smallest absolute Gasteiger partial charge is 0.263 e. The molecule has 0 unspecified atom stereocenters. The molecule has 162 valence electrons. The summed E-state index contributed by atoms with van der Waals surface area (Å²) in [6.45, 7) is 15.4. The molecule has 1 spiro atoms. The summed E-state index contributed by atoms with van der Waals surface area (Å²) in [5.41, 5.74) is 4.43. The summed E-state index contributed by atoms with van der Waals surface area (Å²) in [4.78, 5) is 20.9. The zero-order chi connectivity index (χ0) is 21.6. The van der Waals surface area contributed by atoms with E-state index in [0.29, 0.717) is 18.4 Å². The fourth-order valence-electron chi connectivity index (χ4n) is 5.32. The van der Waals surface area contributed by atoms with Crippen LogP contribution in [0.2, 0.25) is 0 Å². The SMILES string of the molecule is CCc1c(N2CCC3(CC2)CO[C@@H](C)[C@H]3C)nc(C)n(-c2cccc(C)c2C)c1=O. The Hall–Kier alpha value is -2.14. The second-order valence-corrected chi connectivity index (χ2v) is 9.33. The number of benzene rings is 1. The molecule has 0 amide bonds. The van der Waals surface area contributed by atoms with Gasteiger partial charge in [-0.2, -0.15) is 0 Å². The van der Waals surface area contributed by atoms with Gasteiger partial charge in [0.25, 0.3) is 5.56 Å². The minimum absolute atomic E-state index is 0.0696. The van der Waals surface area contributed by atoms with Gasteiger partial charge in [0.1, 0.15) is 11.6 Å². The van der Waals surface area contributed by atoms with Crippen molar-refractivity contribution in [3.8, 4) is 5.69 Å². The Labute approximate surface area is 180 Å². The van der Waals surface area contributed by atoms with Gasteiger partial charge in [-0.25, -0.2) is 4.98 Å². The molecule has 0 radical (unpaired) electrons. The summed E-state index contributed by atoms with van der Waals surface area (Å²) in [5.74, 6) is 2.22. The maximum atomic E-state index is 13.6. The van der Waals surface area contributed by atoms with Gasteiger partial charge < -0.3 is 9.64 Å². The minimum Gasteiger partial charge on any atom is -0.378 e. The lowest BCUT2D eigenvalue weighted by Gasteiger charge is -2.42. The Kier molecular flexibility index (Phi) is 5.52. The monoisotopic (exact) mass is 409 g/mol. The number of hydrogen-bond acceptors (Lipinski definition) is 4. The van der Waals surface area contributed by atoms with Crippen LogP contribution in [-0.2, 0) is 11.2 Å². The molecular weight excluding hydrogens is 374 g/mol. The molecule has 0 bridgehead atoms. The van der Waals surface area contributed by atoms with E-state index in [-0.39, 0.29) is 11.0 Å². The minimum atomic E-state index is 0.0696. The molecule has 0 N–H and O–H groups in total. The van der Waals surface area contributed by atoms with E-state index in [1.807, 2.05) is 19.1 Å². The van der Waals surface area contributed by atoms with Crippen LogP contribution in [0, 0.1) is 32.1 Å². The third-order valence-corrected chi connectivity index (χ3v) is 7.86. The lowest BCUT2D eigenvalue weighted by molar-refractivity contribution is 0.0969. The summed E-state index contributed by atoms with van der Waals surface area (Å²) in [6, 6.07) is 6.11. The van der Waals surface area contributed by atoms with Gasteiger partial charge >= 0.3 is 0 Å². The standard InChI is InChI=1S/C25H35N3O2/c1-7-21-23(27-13-11-25(12-14-27)15-30-19(5)18(25)4)26-20(6)28(24(21)29)22-10-8-9-16(2)17(22)3/h8-10,18-19H,7,11-15H2,1-6H3/t18-,19+/m1/s1. The van der Waals surface area contributed by atoms with Gasteiger partial charge in [-0.05, 0) is 70.1 Å². The van der Waals surface area contributed by atoms with Crippen LogP contribution in [0.1, 0.15) is 56.1 Å². The van der Waals surface area contributed by atoms with Gasteiger partial charge in [0.15, 0.2) is 0 Å². The molecule has 5 nitrogen and oxygen atoms in total. The largest absolute Gasteiger partial charge is 0.378 e. The third-order valence-electron chi connectivity index (χ3n) is 7.86. The molecule has 4 rings (SSSR count). The summed E-state index contributed by atoms with van der Waals surface area (Å²) in [5, 5.41) is 0. The maximum Gasteiger partial charge on any atom is 0.263 e. The summed E-state index contributed by atoms with van der Waals surface area (Å²) < 4.78 is 7.78. The molecule has 2 aliphatic heterocycles. The highest BCUT2D eigenvalue weighted by molar-refractivity contribution is 5.51. The van der Waals surface area contributed by atoms with Crippen LogP contribution in [0.4, 0.5) is 5.82 Å². The van der Waals surface area contributed by atoms with Gasteiger partial charge in [0, 0.05) is 18.5 Å². The van der Waals surface area contributed by atoms with Crippen molar-refractivity contribution in [1.82, 2.24) is 9.55 Å². The van der Waals surface area contributed by atoms with Crippen LogP contribution in [0.25, 0.3) is 5.69 Å². The van der Waals surface area contributed by atoms with E-state index in [1.54, 1.807) is 4.57 Å². The molecule has 0 saturated carbocycles. The first-order valence-electron chi connectivity index (χ1n) is 11.3. The first-order chi connectivity index (χ1) is 14.3. The molecule has 2 atom stereocenters. The average molecular weight is 410 g/mol. The van der Waals surface area contributed by atoms with Crippen molar-refractivity contribution >= 4 is 5.82 Å². The predicted octanol–water partition coefficient (Wildman–Crippen LogP) is 4.36.